The van der Waals surface area contributed by atoms with Crippen molar-refractivity contribution in [2.24, 2.45) is 4.99 Å². The second-order valence-electron chi connectivity index (χ2n) is 6.07. The minimum Gasteiger partial charge on any atom is -0.486 e. The van der Waals surface area contributed by atoms with E-state index in [1.165, 1.54) is 11.1 Å². The van der Waals surface area contributed by atoms with E-state index in [-0.39, 0.29) is 12.1 Å². The van der Waals surface area contributed by atoms with Crippen LogP contribution in [0.4, 0.5) is 0 Å². The Morgan fingerprint density at radius 1 is 0.720 bits per heavy atom. The van der Waals surface area contributed by atoms with E-state index in [9.17, 15) is 0 Å². The van der Waals surface area contributed by atoms with Crippen LogP contribution in [-0.4, -0.2) is 12.4 Å². The monoisotopic (exact) mass is 328 g/mol. The first-order valence-corrected chi connectivity index (χ1v) is 8.51. The van der Waals surface area contributed by atoms with Gasteiger partial charge < -0.3 is 10.1 Å². The summed E-state index contributed by atoms with van der Waals surface area (Å²) in [6.45, 7) is 0.441. The van der Waals surface area contributed by atoms with Crippen molar-refractivity contribution in [1.29, 1.82) is 0 Å². The van der Waals surface area contributed by atoms with E-state index < -0.39 is 0 Å². The Labute approximate surface area is 148 Å². The Hall–Kier alpha value is -3.07. The molecule has 1 aliphatic heterocycles. The molecular formula is C22H20N2O. The lowest BCUT2D eigenvalue weighted by atomic mass is 9.95. The Bertz CT molecular complexity index is 832. The summed E-state index contributed by atoms with van der Waals surface area (Å²) < 4.78 is 5.87. The molecule has 1 aliphatic rings. The largest absolute Gasteiger partial charge is 0.486 e. The zero-order valence-electron chi connectivity index (χ0n) is 13.9. The highest BCUT2D eigenvalue weighted by Crippen LogP contribution is 2.35. The van der Waals surface area contributed by atoms with Crippen molar-refractivity contribution in [2.45, 2.75) is 12.1 Å². The summed E-state index contributed by atoms with van der Waals surface area (Å²) >= 11 is 0. The molecule has 0 saturated carbocycles. The molecule has 0 bridgehead atoms. The Balaban J connectivity index is 1.57. The summed E-state index contributed by atoms with van der Waals surface area (Å²) in [4.78, 5) is 4.91. The zero-order valence-corrected chi connectivity index (χ0v) is 13.9. The number of aliphatic imine (C=N–C) groups is 1. The van der Waals surface area contributed by atoms with Gasteiger partial charge in [-0.1, -0.05) is 78.9 Å². The number of hydrogen-bond donors (Lipinski definition) is 1. The molecule has 2 unspecified atom stereocenters. The zero-order chi connectivity index (χ0) is 16.9. The van der Waals surface area contributed by atoms with Gasteiger partial charge in [0.05, 0.1) is 6.04 Å². The van der Waals surface area contributed by atoms with Crippen LogP contribution in [0.3, 0.4) is 0 Å². The molecule has 0 spiro atoms. The summed E-state index contributed by atoms with van der Waals surface area (Å²) in [5, 5.41) is 3.55. The third-order valence-electron chi connectivity index (χ3n) is 4.35. The highest BCUT2D eigenvalue weighted by atomic mass is 16.5. The van der Waals surface area contributed by atoms with Gasteiger partial charge in [0.15, 0.2) is 0 Å². The molecule has 0 saturated heterocycles. The van der Waals surface area contributed by atoms with Crippen molar-refractivity contribution in [3.63, 3.8) is 0 Å². The van der Waals surface area contributed by atoms with Crippen LogP contribution in [0.5, 0.6) is 5.75 Å². The first-order valence-electron chi connectivity index (χ1n) is 8.51. The molecule has 0 fully saturated rings. The third-order valence-corrected chi connectivity index (χ3v) is 4.35. The Morgan fingerprint density at radius 2 is 1.28 bits per heavy atom. The van der Waals surface area contributed by atoms with Crippen LogP contribution < -0.4 is 10.1 Å². The number of nitrogens with zero attached hydrogens (tertiary/aromatic N) is 1. The summed E-state index contributed by atoms with van der Waals surface area (Å²) in [6, 6.07) is 30.9. The number of rotatable bonds is 5. The van der Waals surface area contributed by atoms with Gasteiger partial charge in [-0.3, -0.25) is 4.99 Å². The number of benzene rings is 3. The maximum Gasteiger partial charge on any atom is 0.145 e. The van der Waals surface area contributed by atoms with Crippen LogP contribution in [-0.2, 0) is 0 Å². The molecule has 3 aromatic carbocycles. The van der Waals surface area contributed by atoms with Gasteiger partial charge in [-0.05, 0) is 23.3 Å². The number of nitrogens with one attached hydrogen (secondary N) is 1. The van der Waals surface area contributed by atoms with Gasteiger partial charge in [-0.25, -0.2) is 0 Å². The molecule has 1 heterocycles. The number of amidine groups is 1. The standard InChI is InChI=1S/C22H20N2O/c1-4-10-17(11-5-1)21-22(18-12-6-2-7-13-18)24-20(23-21)16-25-19-14-8-3-9-15-19/h1-15,21-22H,16H2,(H,23,24). The van der Waals surface area contributed by atoms with Gasteiger partial charge >= 0.3 is 0 Å². The molecule has 25 heavy (non-hydrogen) atoms. The van der Waals surface area contributed by atoms with Gasteiger partial charge in [0, 0.05) is 0 Å². The fourth-order valence-electron chi connectivity index (χ4n) is 3.13. The van der Waals surface area contributed by atoms with Crippen LogP contribution in [0.1, 0.15) is 23.2 Å². The van der Waals surface area contributed by atoms with Crippen LogP contribution in [0.2, 0.25) is 0 Å². The van der Waals surface area contributed by atoms with Gasteiger partial charge in [0.25, 0.3) is 0 Å². The lowest BCUT2D eigenvalue weighted by Gasteiger charge is -2.19. The van der Waals surface area contributed by atoms with Crippen molar-refractivity contribution >= 4 is 5.84 Å². The van der Waals surface area contributed by atoms with Crippen molar-refractivity contribution < 1.29 is 4.74 Å². The fourth-order valence-corrected chi connectivity index (χ4v) is 3.13. The number of hydrogen-bond acceptors (Lipinski definition) is 3. The van der Waals surface area contributed by atoms with Crippen LogP contribution in [0, 0.1) is 0 Å². The van der Waals surface area contributed by atoms with Crippen molar-refractivity contribution in [1.82, 2.24) is 5.32 Å². The molecule has 1 N–H and O–H groups in total. The topological polar surface area (TPSA) is 33.6 Å². The fraction of sp³-hybridized carbons (Fsp3) is 0.136. The predicted octanol–water partition coefficient (Wildman–Crippen LogP) is 4.55. The molecule has 0 aliphatic carbocycles. The first-order chi connectivity index (χ1) is 12.4. The summed E-state index contributed by atoms with van der Waals surface area (Å²) in [5.41, 5.74) is 2.44. The minimum absolute atomic E-state index is 0.0537. The lowest BCUT2D eigenvalue weighted by Crippen LogP contribution is -2.28. The molecule has 124 valence electrons. The van der Waals surface area contributed by atoms with E-state index in [1.807, 2.05) is 42.5 Å². The summed E-state index contributed by atoms with van der Waals surface area (Å²) in [5.74, 6) is 1.73. The Morgan fingerprint density at radius 3 is 1.92 bits per heavy atom. The molecule has 0 radical (unpaired) electrons. The molecule has 0 aromatic heterocycles. The molecule has 3 heteroatoms. The number of ether oxygens (including phenoxy) is 1. The first kappa shape index (κ1) is 15.5. The highest BCUT2D eigenvalue weighted by Gasteiger charge is 2.31. The normalized spacial score (nSPS) is 19.1. The molecule has 3 aromatic rings. The van der Waals surface area contributed by atoms with Crippen LogP contribution in [0.15, 0.2) is 96.0 Å². The SMILES string of the molecule is c1ccc(OCC2=NC(c3ccccc3)C(c3ccccc3)N2)cc1. The van der Waals surface area contributed by atoms with Crippen molar-refractivity contribution in [3.05, 3.63) is 102 Å². The Kier molecular flexibility index (Phi) is 4.46. The second kappa shape index (κ2) is 7.22. The van der Waals surface area contributed by atoms with Crippen LogP contribution >= 0.6 is 0 Å². The van der Waals surface area contributed by atoms with E-state index in [4.69, 9.17) is 9.73 Å². The highest BCUT2D eigenvalue weighted by molar-refractivity contribution is 5.86. The molecular weight excluding hydrogens is 308 g/mol. The minimum atomic E-state index is 0.0537. The molecule has 3 nitrogen and oxygen atoms in total. The molecule has 0 amide bonds. The quantitative estimate of drug-likeness (QED) is 0.745. The summed E-state index contributed by atoms with van der Waals surface area (Å²) in [7, 11) is 0. The maximum absolute atomic E-state index is 5.87. The van der Waals surface area contributed by atoms with Crippen molar-refractivity contribution in [2.75, 3.05) is 6.61 Å². The van der Waals surface area contributed by atoms with Gasteiger partial charge in [-0.15, -0.1) is 0 Å². The van der Waals surface area contributed by atoms with Gasteiger partial charge in [0.1, 0.15) is 24.2 Å². The average molecular weight is 328 g/mol. The maximum atomic E-state index is 5.87. The predicted molar refractivity (Wildman–Crippen MR) is 101 cm³/mol. The number of para-hydroxylation sites is 1. The van der Waals surface area contributed by atoms with E-state index in [2.05, 4.69) is 53.8 Å². The van der Waals surface area contributed by atoms with E-state index in [1.54, 1.807) is 0 Å². The van der Waals surface area contributed by atoms with E-state index in [0.717, 1.165) is 11.6 Å². The van der Waals surface area contributed by atoms with Gasteiger partial charge in [0.2, 0.25) is 0 Å². The van der Waals surface area contributed by atoms with Crippen molar-refractivity contribution in [3.8, 4) is 5.75 Å². The second-order valence-corrected chi connectivity index (χ2v) is 6.07. The molecule has 4 rings (SSSR count). The van der Waals surface area contributed by atoms with E-state index in [0.29, 0.717) is 6.61 Å². The molecule has 2 atom stereocenters. The third kappa shape index (κ3) is 3.56. The average Bonchev–Trinajstić information content (AvgIpc) is 3.13. The van der Waals surface area contributed by atoms with E-state index >= 15 is 0 Å². The van der Waals surface area contributed by atoms with Gasteiger partial charge in [-0.2, -0.15) is 0 Å². The van der Waals surface area contributed by atoms with Crippen LogP contribution in [0.25, 0.3) is 0 Å². The summed E-state index contributed by atoms with van der Waals surface area (Å²) in [6.07, 6.45) is 0. The smallest absolute Gasteiger partial charge is 0.145 e. The lowest BCUT2D eigenvalue weighted by molar-refractivity contribution is 0.372.